The molecule has 0 radical (unpaired) electrons. The molecule has 0 atom stereocenters. The number of carbonyl (C=O) groups is 2. The Balaban J connectivity index is 1.73. The third kappa shape index (κ3) is 3.73. The fourth-order valence-electron chi connectivity index (χ4n) is 2.53. The second-order valence-electron chi connectivity index (χ2n) is 5.61. The standard InChI is InChI=1S/C18H15ClN4O3/c1-23-18(26)14-8-3-2-7-13(14)15(22-23)10-16(24)20-21-17(25)11-5-4-6-12(19)9-11/h2-9H,10H2,1H3,(H,20,24)(H,21,25). The minimum Gasteiger partial charge on any atom is -0.273 e. The molecule has 2 aromatic carbocycles. The molecule has 2 N–H and O–H groups in total. The lowest BCUT2D eigenvalue weighted by Gasteiger charge is -2.10. The number of nitrogens with one attached hydrogen (secondary N) is 2. The Hall–Kier alpha value is -3.19. The zero-order chi connectivity index (χ0) is 18.7. The van der Waals surface area contributed by atoms with Crippen LogP contribution in [0.4, 0.5) is 0 Å². The molecule has 0 spiro atoms. The van der Waals surface area contributed by atoms with Gasteiger partial charge in [0.2, 0.25) is 5.91 Å². The van der Waals surface area contributed by atoms with Crippen molar-refractivity contribution in [1.29, 1.82) is 0 Å². The summed E-state index contributed by atoms with van der Waals surface area (Å²) < 4.78 is 1.19. The molecule has 0 unspecified atom stereocenters. The van der Waals surface area contributed by atoms with Gasteiger partial charge in [-0.1, -0.05) is 35.9 Å². The zero-order valence-electron chi connectivity index (χ0n) is 13.8. The molecule has 26 heavy (non-hydrogen) atoms. The number of carbonyl (C=O) groups excluding carboxylic acids is 2. The number of hydrogen-bond acceptors (Lipinski definition) is 4. The van der Waals surface area contributed by atoms with Gasteiger partial charge in [-0.2, -0.15) is 5.10 Å². The normalized spacial score (nSPS) is 10.5. The van der Waals surface area contributed by atoms with Gasteiger partial charge in [0, 0.05) is 23.0 Å². The van der Waals surface area contributed by atoms with E-state index in [-0.39, 0.29) is 12.0 Å². The van der Waals surface area contributed by atoms with Gasteiger partial charge in [0.05, 0.1) is 17.5 Å². The molecule has 0 aliphatic carbocycles. The summed E-state index contributed by atoms with van der Waals surface area (Å²) in [5.74, 6) is -0.948. The first-order valence-corrected chi connectivity index (χ1v) is 8.13. The predicted octanol–water partition coefficient (Wildman–Crippen LogP) is 1.59. The van der Waals surface area contributed by atoms with Gasteiger partial charge in [-0.15, -0.1) is 0 Å². The largest absolute Gasteiger partial charge is 0.274 e. The van der Waals surface area contributed by atoms with Crippen LogP contribution in [0, 0.1) is 0 Å². The summed E-state index contributed by atoms with van der Waals surface area (Å²) in [5.41, 5.74) is 5.19. The molecule has 7 nitrogen and oxygen atoms in total. The number of aryl methyl sites for hydroxylation is 1. The number of aromatic nitrogens is 2. The lowest BCUT2D eigenvalue weighted by Crippen LogP contribution is -2.42. The second kappa shape index (κ2) is 7.37. The van der Waals surface area contributed by atoms with E-state index in [9.17, 15) is 14.4 Å². The summed E-state index contributed by atoms with van der Waals surface area (Å²) in [4.78, 5) is 36.3. The summed E-state index contributed by atoms with van der Waals surface area (Å²) >= 11 is 5.84. The van der Waals surface area contributed by atoms with Crippen LogP contribution in [-0.4, -0.2) is 21.6 Å². The summed E-state index contributed by atoms with van der Waals surface area (Å²) in [6, 6.07) is 13.3. The lowest BCUT2D eigenvalue weighted by atomic mass is 10.1. The number of hydrazine groups is 1. The maximum atomic E-state index is 12.2. The SMILES string of the molecule is Cn1nc(CC(=O)NNC(=O)c2cccc(Cl)c2)c2ccccc2c1=O. The van der Waals surface area contributed by atoms with E-state index in [4.69, 9.17) is 11.6 Å². The number of hydrogen-bond donors (Lipinski definition) is 2. The first-order valence-electron chi connectivity index (χ1n) is 7.75. The van der Waals surface area contributed by atoms with Crippen LogP contribution in [0.3, 0.4) is 0 Å². The highest BCUT2D eigenvalue weighted by Gasteiger charge is 2.13. The molecule has 0 fully saturated rings. The Morgan fingerprint density at radius 2 is 1.81 bits per heavy atom. The van der Waals surface area contributed by atoms with Crippen molar-refractivity contribution in [2.75, 3.05) is 0 Å². The van der Waals surface area contributed by atoms with Crippen molar-refractivity contribution in [2.45, 2.75) is 6.42 Å². The Morgan fingerprint density at radius 3 is 2.54 bits per heavy atom. The lowest BCUT2D eigenvalue weighted by molar-refractivity contribution is -0.121. The van der Waals surface area contributed by atoms with Crippen LogP contribution < -0.4 is 16.4 Å². The van der Waals surface area contributed by atoms with E-state index in [1.54, 1.807) is 42.5 Å². The van der Waals surface area contributed by atoms with Gasteiger partial charge in [0.25, 0.3) is 11.5 Å². The molecule has 3 rings (SSSR count). The number of halogens is 1. The highest BCUT2D eigenvalue weighted by Crippen LogP contribution is 2.13. The van der Waals surface area contributed by atoms with Gasteiger partial charge in [-0.05, 0) is 24.3 Å². The second-order valence-corrected chi connectivity index (χ2v) is 6.05. The van der Waals surface area contributed by atoms with Crippen LogP contribution in [0.2, 0.25) is 5.02 Å². The zero-order valence-corrected chi connectivity index (χ0v) is 14.6. The quantitative estimate of drug-likeness (QED) is 0.685. The fourth-order valence-corrected chi connectivity index (χ4v) is 2.72. The average Bonchev–Trinajstić information content (AvgIpc) is 2.64. The molecule has 0 saturated heterocycles. The molecule has 2 amide bonds. The Kier molecular flexibility index (Phi) is 4.99. The molecule has 3 aromatic rings. The van der Waals surface area contributed by atoms with E-state index in [1.165, 1.54) is 17.8 Å². The van der Waals surface area contributed by atoms with E-state index in [0.29, 0.717) is 27.1 Å². The first kappa shape index (κ1) is 17.6. The van der Waals surface area contributed by atoms with Crippen molar-refractivity contribution >= 4 is 34.2 Å². The highest BCUT2D eigenvalue weighted by molar-refractivity contribution is 6.30. The number of benzene rings is 2. The summed E-state index contributed by atoms with van der Waals surface area (Å²) in [6.45, 7) is 0. The van der Waals surface area contributed by atoms with Crippen LogP contribution >= 0.6 is 11.6 Å². The molecule has 8 heteroatoms. The van der Waals surface area contributed by atoms with Crippen LogP contribution in [0.15, 0.2) is 53.3 Å². The third-order valence-corrected chi connectivity index (χ3v) is 4.00. The van der Waals surface area contributed by atoms with Crippen LogP contribution in [-0.2, 0) is 18.3 Å². The molecule has 0 bridgehead atoms. The summed E-state index contributed by atoms with van der Waals surface area (Å²) in [5, 5.41) is 5.66. The molecule has 132 valence electrons. The molecule has 1 heterocycles. The van der Waals surface area contributed by atoms with Crippen LogP contribution in [0.1, 0.15) is 16.1 Å². The topological polar surface area (TPSA) is 93.1 Å². The van der Waals surface area contributed by atoms with Crippen LogP contribution in [0.25, 0.3) is 10.8 Å². The monoisotopic (exact) mass is 370 g/mol. The first-order chi connectivity index (χ1) is 12.5. The van der Waals surface area contributed by atoms with Gasteiger partial charge in [-0.3, -0.25) is 25.2 Å². The maximum Gasteiger partial charge on any atom is 0.274 e. The smallest absolute Gasteiger partial charge is 0.273 e. The molecule has 1 aromatic heterocycles. The fraction of sp³-hybridized carbons (Fsp3) is 0.111. The van der Waals surface area contributed by atoms with Crippen molar-refractivity contribution in [3.8, 4) is 0 Å². The van der Waals surface area contributed by atoms with Crippen LogP contribution in [0.5, 0.6) is 0 Å². The number of amides is 2. The van der Waals surface area contributed by atoms with E-state index in [2.05, 4.69) is 16.0 Å². The number of nitrogens with zero attached hydrogens (tertiary/aromatic N) is 2. The molecule has 0 aliphatic rings. The van der Waals surface area contributed by atoms with Crippen molar-refractivity contribution < 1.29 is 9.59 Å². The maximum absolute atomic E-state index is 12.2. The Morgan fingerprint density at radius 1 is 1.08 bits per heavy atom. The van der Waals surface area contributed by atoms with E-state index in [1.807, 2.05) is 0 Å². The Bertz CT molecular complexity index is 1060. The molecule has 0 aliphatic heterocycles. The average molecular weight is 371 g/mol. The minimum atomic E-state index is -0.487. The van der Waals surface area contributed by atoms with Crippen molar-refractivity contribution in [3.05, 3.63) is 75.2 Å². The van der Waals surface area contributed by atoms with E-state index in [0.717, 1.165) is 0 Å². The summed E-state index contributed by atoms with van der Waals surface area (Å²) in [7, 11) is 1.52. The van der Waals surface area contributed by atoms with Crippen molar-refractivity contribution in [3.63, 3.8) is 0 Å². The van der Waals surface area contributed by atoms with Crippen molar-refractivity contribution in [1.82, 2.24) is 20.6 Å². The van der Waals surface area contributed by atoms with Gasteiger partial charge in [0.1, 0.15) is 0 Å². The van der Waals surface area contributed by atoms with E-state index < -0.39 is 11.8 Å². The predicted molar refractivity (Wildman–Crippen MR) is 97.7 cm³/mol. The van der Waals surface area contributed by atoms with Gasteiger partial charge in [-0.25, -0.2) is 4.68 Å². The highest BCUT2D eigenvalue weighted by atomic mass is 35.5. The number of rotatable bonds is 3. The van der Waals surface area contributed by atoms with E-state index >= 15 is 0 Å². The van der Waals surface area contributed by atoms with Gasteiger partial charge < -0.3 is 0 Å². The third-order valence-electron chi connectivity index (χ3n) is 3.76. The van der Waals surface area contributed by atoms with Gasteiger partial charge >= 0.3 is 0 Å². The summed E-state index contributed by atoms with van der Waals surface area (Å²) in [6.07, 6.45) is -0.0928. The molecular formula is C18H15ClN4O3. The minimum absolute atomic E-state index is 0.0928. The number of fused-ring (bicyclic) bond motifs is 1. The molecule has 0 saturated carbocycles. The van der Waals surface area contributed by atoms with Gasteiger partial charge in [0.15, 0.2) is 0 Å². The molecular weight excluding hydrogens is 356 g/mol. The van der Waals surface area contributed by atoms with Crippen molar-refractivity contribution in [2.24, 2.45) is 7.05 Å². The Labute approximate surface area is 153 Å².